The third-order valence-corrected chi connectivity index (χ3v) is 2.81. The number of para-hydroxylation sites is 1. The van der Waals surface area contributed by atoms with Gasteiger partial charge in [0.15, 0.2) is 0 Å². The van der Waals surface area contributed by atoms with Crippen LogP contribution in [0.5, 0.6) is 5.75 Å². The van der Waals surface area contributed by atoms with Gasteiger partial charge in [0, 0.05) is 0 Å². The second-order valence-electron chi connectivity index (χ2n) is 3.30. The van der Waals surface area contributed by atoms with Crippen molar-refractivity contribution in [1.29, 1.82) is 0 Å². The van der Waals surface area contributed by atoms with Gasteiger partial charge in [-0.2, -0.15) is 0 Å². The van der Waals surface area contributed by atoms with Crippen LogP contribution in [0.2, 0.25) is 0 Å². The average Bonchev–Trinajstić information content (AvgIpc) is 2.20. The first-order valence-corrected chi connectivity index (χ1v) is 6.34. The standard InChI is InChI=1S/C10H13O6P/c1-8-4-2-3-5-9(8)16-17(13,14)15-7-6-10(11)12/h2-5H,6-7H2,1H3,(H,11,12)(H,13,14). The molecular formula is C10H13O6P. The number of aryl methyl sites for hydroxylation is 1. The van der Waals surface area contributed by atoms with Crippen LogP contribution in [0.3, 0.4) is 0 Å². The zero-order valence-corrected chi connectivity index (χ0v) is 10.1. The Balaban J connectivity index is 2.57. The molecule has 0 aliphatic heterocycles. The largest absolute Gasteiger partial charge is 0.527 e. The summed E-state index contributed by atoms with van der Waals surface area (Å²) in [5.41, 5.74) is 0.684. The number of carbonyl (C=O) groups is 1. The molecule has 1 aromatic carbocycles. The molecule has 2 N–H and O–H groups in total. The molecular weight excluding hydrogens is 247 g/mol. The van der Waals surface area contributed by atoms with Crippen LogP contribution in [0.4, 0.5) is 0 Å². The van der Waals surface area contributed by atoms with E-state index >= 15 is 0 Å². The predicted molar refractivity (Wildman–Crippen MR) is 59.8 cm³/mol. The third-order valence-electron chi connectivity index (χ3n) is 1.88. The van der Waals surface area contributed by atoms with E-state index in [9.17, 15) is 14.3 Å². The van der Waals surface area contributed by atoms with E-state index in [0.717, 1.165) is 0 Å². The Morgan fingerprint density at radius 3 is 2.65 bits per heavy atom. The van der Waals surface area contributed by atoms with Gasteiger partial charge in [-0.25, -0.2) is 4.57 Å². The van der Waals surface area contributed by atoms with Crippen molar-refractivity contribution in [3.8, 4) is 5.75 Å². The van der Waals surface area contributed by atoms with E-state index in [1.54, 1.807) is 25.1 Å². The second-order valence-corrected chi connectivity index (χ2v) is 4.68. The molecule has 0 aliphatic rings. The minimum atomic E-state index is -4.26. The number of carboxylic acid groups (broad SMARTS) is 1. The van der Waals surface area contributed by atoms with Crippen LogP contribution in [0.1, 0.15) is 12.0 Å². The van der Waals surface area contributed by atoms with Gasteiger partial charge in [0.05, 0.1) is 13.0 Å². The highest BCUT2D eigenvalue weighted by Crippen LogP contribution is 2.44. The predicted octanol–water partition coefficient (Wildman–Crippen LogP) is 1.97. The Kier molecular flexibility index (Phi) is 4.69. The topological polar surface area (TPSA) is 93.1 Å². The fraction of sp³-hybridized carbons (Fsp3) is 0.300. The molecule has 1 unspecified atom stereocenters. The van der Waals surface area contributed by atoms with Crippen molar-refractivity contribution in [2.45, 2.75) is 13.3 Å². The molecule has 0 saturated carbocycles. The average molecular weight is 260 g/mol. The molecule has 1 aromatic rings. The van der Waals surface area contributed by atoms with Crippen LogP contribution in [-0.4, -0.2) is 22.6 Å². The Morgan fingerprint density at radius 2 is 2.06 bits per heavy atom. The Bertz CT molecular complexity index is 444. The van der Waals surface area contributed by atoms with Crippen LogP contribution in [0.25, 0.3) is 0 Å². The van der Waals surface area contributed by atoms with Crippen molar-refractivity contribution in [3.63, 3.8) is 0 Å². The van der Waals surface area contributed by atoms with Crippen molar-refractivity contribution in [3.05, 3.63) is 29.8 Å². The van der Waals surface area contributed by atoms with Crippen molar-refractivity contribution in [2.24, 2.45) is 0 Å². The number of hydrogen-bond donors (Lipinski definition) is 2. The summed E-state index contributed by atoms with van der Waals surface area (Å²) in [7, 11) is -4.26. The summed E-state index contributed by atoms with van der Waals surface area (Å²) in [5.74, 6) is -0.880. The second kappa shape index (κ2) is 5.82. The Labute approximate surface area is 98.4 Å². The van der Waals surface area contributed by atoms with E-state index in [0.29, 0.717) is 5.56 Å². The number of aliphatic carboxylic acids is 1. The minimum Gasteiger partial charge on any atom is -0.481 e. The molecule has 0 aromatic heterocycles. The van der Waals surface area contributed by atoms with Crippen LogP contribution < -0.4 is 4.52 Å². The van der Waals surface area contributed by atoms with Crippen LogP contribution in [0, 0.1) is 6.92 Å². The number of phosphoric acid groups is 1. The summed E-state index contributed by atoms with van der Waals surface area (Å²) >= 11 is 0. The third kappa shape index (κ3) is 4.99. The Hall–Kier alpha value is -1.36. The Morgan fingerprint density at radius 1 is 1.41 bits per heavy atom. The number of hydrogen-bond acceptors (Lipinski definition) is 4. The van der Waals surface area contributed by atoms with Gasteiger partial charge in [-0.15, -0.1) is 0 Å². The number of benzene rings is 1. The lowest BCUT2D eigenvalue weighted by atomic mass is 10.2. The highest BCUT2D eigenvalue weighted by atomic mass is 31.2. The molecule has 0 spiro atoms. The maximum atomic E-state index is 11.4. The monoisotopic (exact) mass is 260 g/mol. The smallest absolute Gasteiger partial charge is 0.481 e. The summed E-state index contributed by atoms with van der Waals surface area (Å²) in [6.07, 6.45) is -0.359. The first-order valence-electron chi connectivity index (χ1n) is 4.85. The molecule has 94 valence electrons. The summed E-state index contributed by atoms with van der Waals surface area (Å²) < 4.78 is 20.8. The molecule has 0 fully saturated rings. The normalized spacial score (nSPS) is 14.0. The van der Waals surface area contributed by atoms with E-state index < -0.39 is 13.8 Å². The number of phosphoric ester groups is 1. The lowest BCUT2D eigenvalue weighted by molar-refractivity contribution is -0.137. The molecule has 17 heavy (non-hydrogen) atoms. The van der Waals surface area contributed by atoms with Crippen molar-refractivity contribution in [1.82, 2.24) is 0 Å². The lowest BCUT2D eigenvalue weighted by Gasteiger charge is -2.13. The summed E-state index contributed by atoms with van der Waals surface area (Å²) in [6.45, 7) is 1.33. The van der Waals surface area contributed by atoms with Gasteiger partial charge in [-0.05, 0) is 18.6 Å². The lowest BCUT2D eigenvalue weighted by Crippen LogP contribution is -2.04. The highest BCUT2D eigenvalue weighted by Gasteiger charge is 2.23. The van der Waals surface area contributed by atoms with E-state index in [2.05, 4.69) is 4.52 Å². The van der Waals surface area contributed by atoms with Gasteiger partial charge in [-0.3, -0.25) is 14.2 Å². The quantitative estimate of drug-likeness (QED) is 0.759. The van der Waals surface area contributed by atoms with E-state index in [1.807, 2.05) is 0 Å². The molecule has 0 saturated heterocycles. The zero-order valence-electron chi connectivity index (χ0n) is 9.20. The zero-order chi connectivity index (χ0) is 12.9. The van der Waals surface area contributed by atoms with E-state index in [-0.39, 0.29) is 18.8 Å². The molecule has 1 rings (SSSR count). The van der Waals surface area contributed by atoms with Gasteiger partial charge >= 0.3 is 13.8 Å². The SMILES string of the molecule is Cc1ccccc1OP(=O)(O)OCCC(=O)O. The van der Waals surface area contributed by atoms with Gasteiger partial charge in [0.25, 0.3) is 0 Å². The fourth-order valence-corrected chi connectivity index (χ4v) is 1.89. The summed E-state index contributed by atoms with van der Waals surface area (Å²) in [4.78, 5) is 19.5. The molecule has 0 aliphatic carbocycles. The molecule has 0 bridgehead atoms. The summed E-state index contributed by atoms with van der Waals surface area (Å²) in [6, 6.07) is 6.65. The number of rotatable bonds is 6. The first-order chi connectivity index (χ1) is 7.91. The first kappa shape index (κ1) is 13.7. The van der Waals surface area contributed by atoms with Gasteiger partial charge in [0.1, 0.15) is 5.75 Å². The van der Waals surface area contributed by atoms with Crippen LogP contribution >= 0.6 is 7.82 Å². The maximum Gasteiger partial charge on any atom is 0.527 e. The summed E-state index contributed by atoms with van der Waals surface area (Å²) in [5, 5.41) is 8.35. The highest BCUT2D eigenvalue weighted by molar-refractivity contribution is 7.47. The van der Waals surface area contributed by atoms with E-state index in [4.69, 9.17) is 9.63 Å². The van der Waals surface area contributed by atoms with Crippen molar-refractivity contribution >= 4 is 13.8 Å². The van der Waals surface area contributed by atoms with Crippen molar-refractivity contribution < 1.29 is 28.4 Å². The molecule has 0 heterocycles. The van der Waals surface area contributed by atoms with Gasteiger partial charge in [-0.1, -0.05) is 18.2 Å². The molecule has 7 heteroatoms. The van der Waals surface area contributed by atoms with E-state index in [1.165, 1.54) is 6.07 Å². The van der Waals surface area contributed by atoms with Gasteiger partial charge < -0.3 is 9.63 Å². The van der Waals surface area contributed by atoms with Crippen LogP contribution in [0.15, 0.2) is 24.3 Å². The van der Waals surface area contributed by atoms with Gasteiger partial charge in [0.2, 0.25) is 0 Å². The maximum absolute atomic E-state index is 11.4. The number of carboxylic acids is 1. The minimum absolute atomic E-state index is 0.230. The van der Waals surface area contributed by atoms with Crippen LogP contribution in [-0.2, 0) is 13.9 Å². The molecule has 0 radical (unpaired) electrons. The fourth-order valence-electron chi connectivity index (χ4n) is 1.06. The van der Waals surface area contributed by atoms with Crippen molar-refractivity contribution in [2.75, 3.05) is 6.61 Å². The molecule has 1 atom stereocenters. The molecule has 6 nitrogen and oxygen atoms in total. The molecule has 0 amide bonds.